The number of nitrogens with zero attached hydrogens (tertiary/aromatic N) is 2. The average Bonchev–Trinajstić information content (AvgIpc) is 2.49. The Kier molecular flexibility index (Phi) is 2.89. The fourth-order valence-electron chi connectivity index (χ4n) is 1.74. The summed E-state index contributed by atoms with van der Waals surface area (Å²) < 4.78 is 5.18. The standard InChI is InChI=1S/C10H16N4O/c1-3-7-4-5-11-8-9(14-7)12-6-13-10(8)15-2/h6-7,11H,3-5H2,1-2H3,(H,12,13,14). The Morgan fingerprint density at radius 3 is 3.13 bits per heavy atom. The highest BCUT2D eigenvalue weighted by Gasteiger charge is 2.18. The Balaban J connectivity index is 2.32. The van der Waals surface area contributed by atoms with E-state index in [1.807, 2.05) is 0 Å². The quantitative estimate of drug-likeness (QED) is 0.771. The molecule has 1 aromatic rings. The zero-order valence-electron chi connectivity index (χ0n) is 9.08. The summed E-state index contributed by atoms with van der Waals surface area (Å²) in [6.45, 7) is 3.09. The molecule has 1 aromatic heterocycles. The molecular formula is C10H16N4O. The van der Waals surface area contributed by atoms with Crippen molar-refractivity contribution in [2.24, 2.45) is 0 Å². The maximum absolute atomic E-state index is 5.18. The van der Waals surface area contributed by atoms with Gasteiger partial charge in [0.05, 0.1) is 7.11 Å². The number of aromatic nitrogens is 2. The number of anilines is 2. The monoisotopic (exact) mass is 208 g/mol. The van der Waals surface area contributed by atoms with E-state index in [0.29, 0.717) is 11.9 Å². The lowest BCUT2D eigenvalue weighted by molar-refractivity contribution is 0.399. The van der Waals surface area contributed by atoms with Crippen LogP contribution in [0.3, 0.4) is 0 Å². The molecule has 5 nitrogen and oxygen atoms in total. The van der Waals surface area contributed by atoms with Gasteiger partial charge in [-0.15, -0.1) is 0 Å². The Bertz CT molecular complexity index is 342. The van der Waals surface area contributed by atoms with Crippen LogP contribution in [0, 0.1) is 0 Å². The van der Waals surface area contributed by atoms with Gasteiger partial charge in [-0.3, -0.25) is 0 Å². The molecule has 5 heteroatoms. The van der Waals surface area contributed by atoms with E-state index in [-0.39, 0.29) is 0 Å². The molecule has 0 aliphatic carbocycles. The number of rotatable bonds is 2. The second-order valence-electron chi connectivity index (χ2n) is 3.57. The van der Waals surface area contributed by atoms with Gasteiger partial charge < -0.3 is 15.4 Å². The zero-order chi connectivity index (χ0) is 10.7. The van der Waals surface area contributed by atoms with E-state index in [1.165, 1.54) is 6.33 Å². The lowest BCUT2D eigenvalue weighted by Crippen LogP contribution is -2.18. The van der Waals surface area contributed by atoms with E-state index >= 15 is 0 Å². The average molecular weight is 208 g/mol. The van der Waals surface area contributed by atoms with Gasteiger partial charge in [0.15, 0.2) is 5.82 Å². The predicted octanol–water partition coefficient (Wildman–Crippen LogP) is 1.49. The molecule has 82 valence electrons. The van der Waals surface area contributed by atoms with Crippen LogP contribution in [0.25, 0.3) is 0 Å². The van der Waals surface area contributed by atoms with Crippen molar-refractivity contribution < 1.29 is 4.74 Å². The highest BCUT2D eigenvalue weighted by molar-refractivity contribution is 5.70. The first-order valence-electron chi connectivity index (χ1n) is 5.24. The Labute approximate surface area is 89.3 Å². The van der Waals surface area contributed by atoms with Gasteiger partial charge in [-0.2, -0.15) is 4.98 Å². The smallest absolute Gasteiger partial charge is 0.242 e. The van der Waals surface area contributed by atoms with Gasteiger partial charge >= 0.3 is 0 Å². The first-order valence-corrected chi connectivity index (χ1v) is 5.24. The summed E-state index contributed by atoms with van der Waals surface area (Å²) in [4.78, 5) is 8.29. The third kappa shape index (κ3) is 1.95. The molecule has 1 unspecified atom stereocenters. The van der Waals surface area contributed by atoms with Crippen molar-refractivity contribution in [3.05, 3.63) is 6.33 Å². The van der Waals surface area contributed by atoms with Crippen LogP contribution < -0.4 is 15.4 Å². The van der Waals surface area contributed by atoms with Gasteiger partial charge in [0.25, 0.3) is 0 Å². The SMILES string of the molecule is CCC1CCNc2c(ncnc2OC)N1. The fourth-order valence-corrected chi connectivity index (χ4v) is 1.74. The van der Waals surface area contributed by atoms with Gasteiger partial charge in [0, 0.05) is 12.6 Å². The van der Waals surface area contributed by atoms with E-state index in [9.17, 15) is 0 Å². The molecule has 2 rings (SSSR count). The van der Waals surface area contributed by atoms with Crippen LogP contribution in [0.5, 0.6) is 5.88 Å². The van der Waals surface area contributed by atoms with Crippen molar-refractivity contribution >= 4 is 11.5 Å². The van der Waals surface area contributed by atoms with Crippen LogP contribution >= 0.6 is 0 Å². The summed E-state index contributed by atoms with van der Waals surface area (Å²) in [5.41, 5.74) is 0.871. The molecule has 0 saturated carbocycles. The van der Waals surface area contributed by atoms with Crippen molar-refractivity contribution in [1.82, 2.24) is 9.97 Å². The van der Waals surface area contributed by atoms with Crippen LogP contribution in [0.15, 0.2) is 6.33 Å². The second-order valence-corrected chi connectivity index (χ2v) is 3.57. The number of methoxy groups -OCH3 is 1. The minimum atomic E-state index is 0.471. The van der Waals surface area contributed by atoms with E-state index in [1.54, 1.807) is 7.11 Å². The summed E-state index contributed by atoms with van der Waals surface area (Å²) in [6.07, 6.45) is 3.69. The lowest BCUT2D eigenvalue weighted by atomic mass is 10.1. The molecule has 1 aliphatic rings. The number of hydrogen-bond acceptors (Lipinski definition) is 5. The normalized spacial score (nSPS) is 19.5. The van der Waals surface area contributed by atoms with Crippen molar-refractivity contribution in [1.29, 1.82) is 0 Å². The molecule has 0 radical (unpaired) electrons. The summed E-state index contributed by atoms with van der Waals surface area (Å²) >= 11 is 0. The van der Waals surface area contributed by atoms with Gasteiger partial charge in [-0.25, -0.2) is 4.98 Å². The van der Waals surface area contributed by atoms with Crippen LogP contribution in [0.4, 0.5) is 11.5 Å². The van der Waals surface area contributed by atoms with E-state index in [4.69, 9.17) is 4.74 Å². The third-order valence-corrected chi connectivity index (χ3v) is 2.63. The molecule has 0 bridgehead atoms. The first kappa shape index (κ1) is 10.0. The van der Waals surface area contributed by atoms with E-state index in [0.717, 1.165) is 30.9 Å². The Hall–Kier alpha value is -1.52. The van der Waals surface area contributed by atoms with Gasteiger partial charge in [0.2, 0.25) is 5.88 Å². The lowest BCUT2D eigenvalue weighted by Gasteiger charge is -2.14. The van der Waals surface area contributed by atoms with Crippen molar-refractivity contribution in [3.8, 4) is 5.88 Å². The van der Waals surface area contributed by atoms with Crippen molar-refractivity contribution in [2.75, 3.05) is 24.3 Å². The molecule has 1 atom stereocenters. The van der Waals surface area contributed by atoms with Gasteiger partial charge in [-0.05, 0) is 12.8 Å². The van der Waals surface area contributed by atoms with Crippen LogP contribution in [-0.2, 0) is 0 Å². The van der Waals surface area contributed by atoms with Crippen molar-refractivity contribution in [2.45, 2.75) is 25.8 Å². The minimum absolute atomic E-state index is 0.471. The van der Waals surface area contributed by atoms with Crippen LogP contribution in [0.2, 0.25) is 0 Å². The summed E-state index contributed by atoms with van der Waals surface area (Å²) in [5, 5.41) is 6.69. The minimum Gasteiger partial charge on any atom is -0.479 e. The summed E-state index contributed by atoms with van der Waals surface area (Å²) in [6, 6.07) is 0.471. The highest BCUT2D eigenvalue weighted by Crippen LogP contribution is 2.30. The second kappa shape index (κ2) is 4.33. The number of ether oxygens (including phenoxy) is 1. The van der Waals surface area contributed by atoms with Crippen LogP contribution in [0.1, 0.15) is 19.8 Å². The molecule has 0 amide bonds. The fraction of sp³-hybridized carbons (Fsp3) is 0.600. The molecule has 0 saturated heterocycles. The molecule has 2 heterocycles. The topological polar surface area (TPSA) is 59.1 Å². The van der Waals surface area contributed by atoms with E-state index in [2.05, 4.69) is 27.5 Å². The molecular weight excluding hydrogens is 192 g/mol. The summed E-state index contributed by atoms with van der Waals surface area (Å²) in [5.74, 6) is 1.44. The Morgan fingerprint density at radius 1 is 1.53 bits per heavy atom. The first-order chi connectivity index (χ1) is 7.35. The molecule has 0 aromatic carbocycles. The largest absolute Gasteiger partial charge is 0.479 e. The maximum atomic E-state index is 5.18. The predicted molar refractivity (Wildman–Crippen MR) is 59.4 cm³/mol. The Morgan fingerprint density at radius 2 is 2.40 bits per heavy atom. The summed E-state index contributed by atoms with van der Waals surface area (Å²) in [7, 11) is 1.62. The van der Waals surface area contributed by atoms with Crippen LogP contribution in [-0.4, -0.2) is 29.7 Å². The van der Waals surface area contributed by atoms with Gasteiger partial charge in [0.1, 0.15) is 12.0 Å². The van der Waals surface area contributed by atoms with Gasteiger partial charge in [-0.1, -0.05) is 6.92 Å². The number of nitrogens with one attached hydrogen (secondary N) is 2. The number of hydrogen-bond donors (Lipinski definition) is 2. The zero-order valence-corrected chi connectivity index (χ0v) is 9.08. The number of fused-ring (bicyclic) bond motifs is 1. The van der Waals surface area contributed by atoms with E-state index < -0.39 is 0 Å². The molecule has 2 N–H and O–H groups in total. The molecule has 1 aliphatic heterocycles. The highest BCUT2D eigenvalue weighted by atomic mass is 16.5. The molecule has 15 heavy (non-hydrogen) atoms. The molecule has 0 fully saturated rings. The third-order valence-electron chi connectivity index (χ3n) is 2.63. The maximum Gasteiger partial charge on any atom is 0.242 e. The molecule has 0 spiro atoms. The van der Waals surface area contributed by atoms with Crippen molar-refractivity contribution in [3.63, 3.8) is 0 Å².